The summed E-state index contributed by atoms with van der Waals surface area (Å²) in [5.41, 5.74) is 4.33. The van der Waals surface area contributed by atoms with E-state index in [1.807, 2.05) is 46.6 Å². The van der Waals surface area contributed by atoms with Crippen LogP contribution in [0.25, 0.3) is 11.3 Å². The minimum atomic E-state index is 0.712. The van der Waals surface area contributed by atoms with Crippen LogP contribution in [0.15, 0.2) is 86.9 Å². The lowest BCUT2D eigenvalue weighted by Crippen LogP contribution is -2.13. The van der Waals surface area contributed by atoms with Gasteiger partial charge in [-0.15, -0.1) is 11.3 Å². The first kappa shape index (κ1) is 19.4. The molecule has 0 N–H and O–H groups in total. The van der Waals surface area contributed by atoms with Crippen LogP contribution in [-0.2, 0) is 6.42 Å². The lowest BCUT2D eigenvalue weighted by molar-refractivity contribution is 0.416. The average Bonchev–Trinajstić information content (AvgIpc) is 3.43. The van der Waals surface area contributed by atoms with E-state index >= 15 is 0 Å². The summed E-state index contributed by atoms with van der Waals surface area (Å²) < 4.78 is 7.47. The van der Waals surface area contributed by atoms with Gasteiger partial charge in [0.25, 0.3) is 0 Å². The molecule has 0 aliphatic heterocycles. The van der Waals surface area contributed by atoms with Gasteiger partial charge in [-0.3, -0.25) is 4.99 Å². The molecule has 0 aliphatic carbocycles. The van der Waals surface area contributed by atoms with Crippen molar-refractivity contribution in [2.75, 3.05) is 13.7 Å². The summed E-state index contributed by atoms with van der Waals surface area (Å²) in [5.74, 6) is 0.820. The van der Waals surface area contributed by atoms with E-state index in [4.69, 9.17) is 14.8 Å². The molecule has 2 aromatic heterocycles. The number of thiophene rings is 1. The van der Waals surface area contributed by atoms with E-state index in [1.165, 1.54) is 5.56 Å². The van der Waals surface area contributed by atoms with Crippen LogP contribution < -0.4 is 9.54 Å². The van der Waals surface area contributed by atoms with E-state index in [9.17, 15) is 0 Å². The first-order valence-corrected chi connectivity index (χ1v) is 11.1. The molecule has 0 radical (unpaired) electrons. The minimum Gasteiger partial charge on any atom is -0.496 e. The van der Waals surface area contributed by atoms with Crippen LogP contribution in [0.3, 0.4) is 0 Å². The van der Waals surface area contributed by atoms with Crippen LogP contribution in [0.1, 0.15) is 11.1 Å². The van der Waals surface area contributed by atoms with E-state index in [0.29, 0.717) is 6.54 Å². The molecule has 4 rings (SSSR count). The van der Waals surface area contributed by atoms with Gasteiger partial charge in [-0.05, 0) is 40.9 Å². The van der Waals surface area contributed by atoms with Gasteiger partial charge >= 0.3 is 0 Å². The molecule has 146 valence electrons. The number of thiazole rings is 1. The van der Waals surface area contributed by atoms with Crippen molar-refractivity contribution in [3.8, 4) is 17.0 Å². The Bertz CT molecular complexity index is 1140. The Morgan fingerprint density at radius 3 is 2.62 bits per heavy atom. The van der Waals surface area contributed by atoms with Crippen molar-refractivity contribution in [2.24, 2.45) is 10.1 Å². The number of ether oxygens (including phenoxy) is 1. The zero-order valence-corrected chi connectivity index (χ0v) is 17.7. The summed E-state index contributed by atoms with van der Waals surface area (Å²) in [6, 6.07) is 20.5. The van der Waals surface area contributed by atoms with Crippen LogP contribution in [0.2, 0.25) is 0 Å². The van der Waals surface area contributed by atoms with Crippen LogP contribution in [0.4, 0.5) is 0 Å². The molecule has 29 heavy (non-hydrogen) atoms. The Balaban J connectivity index is 1.71. The van der Waals surface area contributed by atoms with Crippen molar-refractivity contribution in [1.29, 1.82) is 0 Å². The van der Waals surface area contributed by atoms with Crippen LogP contribution in [-0.4, -0.2) is 24.5 Å². The fraction of sp³-hybridized carbons (Fsp3) is 0.130. The quantitative estimate of drug-likeness (QED) is 0.374. The largest absolute Gasteiger partial charge is 0.496 e. The van der Waals surface area contributed by atoms with Gasteiger partial charge in [0.1, 0.15) is 5.75 Å². The summed E-state index contributed by atoms with van der Waals surface area (Å²) >= 11 is 3.25. The van der Waals surface area contributed by atoms with E-state index in [-0.39, 0.29) is 0 Å². The molecule has 0 unspecified atom stereocenters. The molecule has 4 nitrogen and oxygen atoms in total. The Morgan fingerprint density at radius 1 is 1.00 bits per heavy atom. The summed E-state index contributed by atoms with van der Waals surface area (Å²) in [6.07, 6.45) is 2.77. The topological polar surface area (TPSA) is 38.9 Å². The number of benzene rings is 2. The summed E-state index contributed by atoms with van der Waals surface area (Å²) in [7, 11) is 1.69. The third kappa shape index (κ3) is 4.72. The predicted molar refractivity (Wildman–Crippen MR) is 122 cm³/mol. The molecular weight excluding hydrogens is 398 g/mol. The second-order valence-corrected chi connectivity index (χ2v) is 7.95. The second-order valence-electron chi connectivity index (χ2n) is 6.33. The highest BCUT2D eigenvalue weighted by atomic mass is 32.1. The maximum atomic E-state index is 5.56. The lowest BCUT2D eigenvalue weighted by atomic mass is 10.1. The van der Waals surface area contributed by atoms with Crippen molar-refractivity contribution in [2.45, 2.75) is 6.42 Å². The Morgan fingerprint density at radius 2 is 1.83 bits per heavy atom. The molecule has 0 saturated carbocycles. The molecule has 0 fully saturated rings. The van der Waals surface area contributed by atoms with Crippen molar-refractivity contribution in [3.63, 3.8) is 0 Å². The van der Waals surface area contributed by atoms with Gasteiger partial charge in [0.2, 0.25) is 4.80 Å². The molecular formula is C23H21N3OS2. The lowest BCUT2D eigenvalue weighted by Gasteiger charge is -2.08. The molecule has 0 saturated heterocycles. The molecule has 2 heterocycles. The van der Waals surface area contributed by atoms with E-state index in [2.05, 4.69) is 41.1 Å². The molecule has 4 aromatic rings. The zero-order chi connectivity index (χ0) is 19.9. The third-order valence-corrected chi connectivity index (χ3v) is 5.98. The number of methoxy groups -OCH3 is 1. The third-order valence-electron chi connectivity index (χ3n) is 4.42. The average molecular weight is 420 g/mol. The number of rotatable bonds is 7. The number of aromatic nitrogens is 1. The highest BCUT2D eigenvalue weighted by Gasteiger charge is 2.12. The van der Waals surface area contributed by atoms with Crippen LogP contribution in [0, 0.1) is 0 Å². The monoisotopic (exact) mass is 419 g/mol. The van der Waals surface area contributed by atoms with Crippen molar-refractivity contribution >= 4 is 28.9 Å². The Kier molecular flexibility index (Phi) is 6.34. The molecule has 0 atom stereocenters. The normalized spacial score (nSPS) is 12.0. The van der Waals surface area contributed by atoms with Crippen LogP contribution in [0.5, 0.6) is 5.75 Å². The minimum absolute atomic E-state index is 0.712. The Labute approximate surface area is 178 Å². The fourth-order valence-electron chi connectivity index (χ4n) is 2.96. The van der Waals surface area contributed by atoms with Crippen molar-refractivity contribution < 1.29 is 4.74 Å². The van der Waals surface area contributed by atoms with Gasteiger partial charge in [0.05, 0.1) is 19.0 Å². The SMILES string of the molecule is COc1ccccc1-c1csc(=NCCc2ccccc2)n1N=Cc1ccsc1. The van der Waals surface area contributed by atoms with Crippen LogP contribution >= 0.6 is 22.7 Å². The number of hydrogen-bond donors (Lipinski definition) is 0. The zero-order valence-electron chi connectivity index (χ0n) is 16.1. The van der Waals surface area contributed by atoms with E-state index in [0.717, 1.165) is 33.8 Å². The standard InChI is InChI=1S/C23H21N3OS2/c1-27-22-10-6-5-9-20(22)21-17-29-23(24-13-11-18-7-3-2-4-8-18)26(21)25-15-19-12-14-28-16-19/h2-10,12,14-17H,11,13H2,1H3. The molecule has 0 spiro atoms. The molecule has 0 amide bonds. The number of para-hydroxylation sites is 1. The molecule has 0 bridgehead atoms. The van der Waals surface area contributed by atoms with Gasteiger partial charge in [0.15, 0.2) is 0 Å². The number of nitrogens with zero attached hydrogens (tertiary/aromatic N) is 3. The highest BCUT2D eigenvalue weighted by molar-refractivity contribution is 7.08. The number of hydrogen-bond acceptors (Lipinski definition) is 5. The fourth-order valence-corrected chi connectivity index (χ4v) is 4.43. The van der Waals surface area contributed by atoms with Crippen molar-refractivity contribution in [1.82, 2.24) is 4.68 Å². The molecule has 0 aliphatic rings. The van der Waals surface area contributed by atoms with E-state index < -0.39 is 0 Å². The first-order valence-electron chi connectivity index (χ1n) is 9.30. The maximum absolute atomic E-state index is 5.56. The summed E-state index contributed by atoms with van der Waals surface area (Å²) in [5, 5.41) is 11.0. The van der Waals surface area contributed by atoms with E-state index in [1.54, 1.807) is 29.8 Å². The summed E-state index contributed by atoms with van der Waals surface area (Å²) in [4.78, 5) is 5.70. The van der Waals surface area contributed by atoms with Gasteiger partial charge in [-0.25, -0.2) is 4.68 Å². The highest BCUT2D eigenvalue weighted by Crippen LogP contribution is 2.29. The van der Waals surface area contributed by atoms with Gasteiger partial charge in [-0.2, -0.15) is 16.4 Å². The molecule has 2 aromatic carbocycles. The second kappa shape index (κ2) is 9.49. The summed E-state index contributed by atoms with van der Waals surface area (Å²) in [6.45, 7) is 0.712. The van der Waals surface area contributed by atoms with Gasteiger partial charge in [-0.1, -0.05) is 42.5 Å². The van der Waals surface area contributed by atoms with Crippen molar-refractivity contribution in [3.05, 3.63) is 92.7 Å². The Hall–Kier alpha value is -2.96. The first-order chi connectivity index (χ1) is 14.3. The smallest absolute Gasteiger partial charge is 0.206 e. The maximum Gasteiger partial charge on any atom is 0.206 e. The van der Waals surface area contributed by atoms with Gasteiger partial charge < -0.3 is 4.74 Å². The molecule has 6 heteroatoms. The predicted octanol–water partition coefficient (Wildman–Crippen LogP) is 5.31. The van der Waals surface area contributed by atoms with Gasteiger partial charge in [0, 0.05) is 23.1 Å².